The molecular weight excluding hydrogens is 228 g/mol. The van der Waals surface area contributed by atoms with E-state index >= 15 is 0 Å². The predicted molar refractivity (Wildman–Crippen MR) is 71.6 cm³/mol. The van der Waals surface area contributed by atoms with Crippen LogP contribution >= 0.6 is 0 Å². The van der Waals surface area contributed by atoms with E-state index in [1.165, 1.54) is 0 Å². The Labute approximate surface area is 108 Å². The molecule has 98 valence electrons. The fraction of sp³-hybridized carbons (Fsp3) is 0.500. The highest BCUT2D eigenvalue weighted by Crippen LogP contribution is 2.23. The highest BCUT2D eigenvalue weighted by molar-refractivity contribution is 5.95. The second-order valence-corrected chi connectivity index (χ2v) is 4.70. The summed E-state index contributed by atoms with van der Waals surface area (Å²) < 4.78 is 5.34. The zero-order valence-corrected chi connectivity index (χ0v) is 10.8. The van der Waals surface area contributed by atoms with Crippen molar-refractivity contribution in [3.63, 3.8) is 0 Å². The monoisotopic (exact) mass is 248 g/mol. The van der Waals surface area contributed by atoms with Gasteiger partial charge in [-0.3, -0.25) is 4.79 Å². The van der Waals surface area contributed by atoms with E-state index < -0.39 is 0 Å². The number of amides is 1. The number of carbonyl (C=O) groups excluding carboxylic acids is 1. The number of rotatable bonds is 4. The maximum absolute atomic E-state index is 12.0. The Morgan fingerprint density at radius 2 is 2.33 bits per heavy atom. The molecule has 1 saturated heterocycles. The van der Waals surface area contributed by atoms with Gasteiger partial charge in [-0.25, -0.2) is 0 Å². The molecule has 4 nitrogen and oxygen atoms in total. The largest absolute Gasteiger partial charge is 0.369 e. The highest BCUT2D eigenvalue weighted by Gasteiger charge is 2.29. The summed E-state index contributed by atoms with van der Waals surface area (Å²) in [4.78, 5) is 13.9. The minimum Gasteiger partial charge on any atom is -0.369 e. The van der Waals surface area contributed by atoms with Crippen LogP contribution in [0.4, 0.5) is 5.69 Å². The summed E-state index contributed by atoms with van der Waals surface area (Å²) in [5, 5.41) is 0. The van der Waals surface area contributed by atoms with E-state index in [0.717, 1.165) is 24.1 Å². The molecule has 1 aromatic rings. The van der Waals surface area contributed by atoms with Gasteiger partial charge in [0.25, 0.3) is 5.91 Å². The van der Waals surface area contributed by atoms with E-state index in [-0.39, 0.29) is 18.6 Å². The third kappa shape index (κ3) is 2.89. The first-order valence-electron chi connectivity index (χ1n) is 6.39. The predicted octanol–water partition coefficient (Wildman–Crippen LogP) is 1.47. The van der Waals surface area contributed by atoms with Crippen LogP contribution in [0, 0.1) is 6.92 Å². The van der Waals surface area contributed by atoms with Crippen molar-refractivity contribution in [1.82, 2.24) is 0 Å². The third-order valence-electron chi connectivity index (χ3n) is 3.19. The Kier molecular flexibility index (Phi) is 4.33. The SMILES string of the molecule is Cc1cccc(N2C(=O)COCC2CCCN)c1. The molecule has 1 amide bonds. The summed E-state index contributed by atoms with van der Waals surface area (Å²) in [5.41, 5.74) is 7.66. The molecular formula is C14H20N2O2. The molecule has 0 bridgehead atoms. The zero-order chi connectivity index (χ0) is 13.0. The molecule has 1 aromatic carbocycles. The number of nitrogens with zero attached hydrogens (tertiary/aromatic N) is 1. The quantitative estimate of drug-likeness (QED) is 0.877. The van der Waals surface area contributed by atoms with Gasteiger partial charge >= 0.3 is 0 Å². The topological polar surface area (TPSA) is 55.6 Å². The lowest BCUT2D eigenvalue weighted by Gasteiger charge is -2.35. The summed E-state index contributed by atoms with van der Waals surface area (Å²) in [6, 6.07) is 8.14. The number of ether oxygens (including phenoxy) is 1. The normalized spacial score (nSPS) is 20.2. The number of nitrogens with two attached hydrogens (primary N) is 1. The van der Waals surface area contributed by atoms with Crippen LogP contribution < -0.4 is 10.6 Å². The maximum atomic E-state index is 12.0. The fourth-order valence-corrected chi connectivity index (χ4v) is 2.33. The summed E-state index contributed by atoms with van der Waals surface area (Å²) in [6.07, 6.45) is 1.79. The molecule has 0 radical (unpaired) electrons. The number of carbonyl (C=O) groups is 1. The fourth-order valence-electron chi connectivity index (χ4n) is 2.33. The van der Waals surface area contributed by atoms with E-state index in [1.54, 1.807) is 0 Å². The molecule has 1 aliphatic rings. The minimum atomic E-state index is 0.0360. The average molecular weight is 248 g/mol. The summed E-state index contributed by atoms with van der Waals surface area (Å²) in [6.45, 7) is 3.45. The molecule has 1 unspecified atom stereocenters. The molecule has 0 aromatic heterocycles. The van der Waals surface area contributed by atoms with Gasteiger partial charge in [-0.15, -0.1) is 0 Å². The van der Waals surface area contributed by atoms with Crippen LogP contribution in [-0.2, 0) is 9.53 Å². The van der Waals surface area contributed by atoms with Crippen LogP contribution in [0.2, 0.25) is 0 Å². The first kappa shape index (κ1) is 13.1. The Balaban J connectivity index is 2.21. The lowest BCUT2D eigenvalue weighted by atomic mass is 10.1. The van der Waals surface area contributed by atoms with Gasteiger partial charge in [-0.1, -0.05) is 12.1 Å². The average Bonchev–Trinajstić information content (AvgIpc) is 2.36. The second-order valence-electron chi connectivity index (χ2n) is 4.70. The lowest BCUT2D eigenvalue weighted by Crippen LogP contribution is -2.49. The van der Waals surface area contributed by atoms with Gasteiger partial charge < -0.3 is 15.4 Å². The number of hydrogen-bond donors (Lipinski definition) is 1. The Bertz CT molecular complexity index is 420. The van der Waals surface area contributed by atoms with Crippen molar-refractivity contribution in [3.05, 3.63) is 29.8 Å². The number of aryl methyl sites for hydroxylation is 1. The van der Waals surface area contributed by atoms with Crippen molar-refractivity contribution in [1.29, 1.82) is 0 Å². The van der Waals surface area contributed by atoms with Crippen molar-refractivity contribution < 1.29 is 9.53 Å². The zero-order valence-electron chi connectivity index (χ0n) is 10.8. The molecule has 0 spiro atoms. The van der Waals surface area contributed by atoms with Crippen molar-refractivity contribution in [3.8, 4) is 0 Å². The Morgan fingerprint density at radius 3 is 3.06 bits per heavy atom. The van der Waals surface area contributed by atoms with Crippen LogP contribution in [0.5, 0.6) is 0 Å². The highest BCUT2D eigenvalue weighted by atomic mass is 16.5. The molecule has 0 aliphatic carbocycles. The first-order chi connectivity index (χ1) is 8.72. The molecule has 1 heterocycles. The van der Waals surface area contributed by atoms with Gasteiger partial charge in [-0.2, -0.15) is 0 Å². The molecule has 18 heavy (non-hydrogen) atoms. The molecule has 4 heteroatoms. The van der Waals surface area contributed by atoms with E-state index in [9.17, 15) is 4.79 Å². The Morgan fingerprint density at radius 1 is 1.50 bits per heavy atom. The van der Waals surface area contributed by atoms with Crippen LogP contribution in [0.15, 0.2) is 24.3 Å². The summed E-state index contributed by atoms with van der Waals surface area (Å²) >= 11 is 0. The van der Waals surface area contributed by atoms with Crippen molar-refractivity contribution in [2.45, 2.75) is 25.8 Å². The molecule has 0 saturated carbocycles. The van der Waals surface area contributed by atoms with Crippen molar-refractivity contribution in [2.75, 3.05) is 24.7 Å². The lowest BCUT2D eigenvalue weighted by molar-refractivity contribution is -0.127. The van der Waals surface area contributed by atoms with Gasteiger partial charge in [-0.05, 0) is 44.0 Å². The minimum absolute atomic E-state index is 0.0360. The first-order valence-corrected chi connectivity index (χ1v) is 6.39. The number of hydrogen-bond acceptors (Lipinski definition) is 3. The molecule has 2 rings (SSSR count). The second kappa shape index (κ2) is 5.98. The third-order valence-corrected chi connectivity index (χ3v) is 3.19. The summed E-state index contributed by atoms with van der Waals surface area (Å²) in [7, 11) is 0. The van der Waals surface area contributed by atoms with Crippen molar-refractivity contribution >= 4 is 11.6 Å². The molecule has 2 N–H and O–H groups in total. The van der Waals surface area contributed by atoms with Gasteiger partial charge in [0, 0.05) is 5.69 Å². The number of benzene rings is 1. The van der Waals surface area contributed by atoms with Gasteiger partial charge in [0.05, 0.1) is 12.6 Å². The van der Waals surface area contributed by atoms with E-state index in [4.69, 9.17) is 10.5 Å². The van der Waals surface area contributed by atoms with E-state index in [2.05, 4.69) is 0 Å². The van der Waals surface area contributed by atoms with Crippen molar-refractivity contribution in [2.24, 2.45) is 5.73 Å². The van der Waals surface area contributed by atoms with Crippen LogP contribution in [0.3, 0.4) is 0 Å². The number of morpholine rings is 1. The van der Waals surface area contributed by atoms with Gasteiger partial charge in [0.2, 0.25) is 0 Å². The Hall–Kier alpha value is -1.39. The van der Waals surface area contributed by atoms with Gasteiger partial charge in [0.1, 0.15) is 6.61 Å². The van der Waals surface area contributed by atoms with E-state index in [1.807, 2.05) is 36.1 Å². The van der Waals surface area contributed by atoms with Crippen LogP contribution in [-0.4, -0.2) is 31.7 Å². The molecule has 1 atom stereocenters. The standard InChI is InChI=1S/C14H20N2O2/c1-11-4-2-5-12(8-11)16-13(6-3-7-15)9-18-10-14(16)17/h2,4-5,8,13H,3,6-7,9-10,15H2,1H3. The summed E-state index contributed by atoms with van der Waals surface area (Å²) in [5.74, 6) is 0.0360. The number of anilines is 1. The maximum Gasteiger partial charge on any atom is 0.253 e. The van der Waals surface area contributed by atoms with Crippen LogP contribution in [0.1, 0.15) is 18.4 Å². The van der Waals surface area contributed by atoms with E-state index in [0.29, 0.717) is 13.2 Å². The molecule has 1 fully saturated rings. The van der Waals surface area contributed by atoms with Gasteiger partial charge in [0.15, 0.2) is 0 Å². The van der Waals surface area contributed by atoms with Crippen LogP contribution in [0.25, 0.3) is 0 Å². The molecule has 1 aliphatic heterocycles. The smallest absolute Gasteiger partial charge is 0.253 e.